The molecular formula is C64H123NO5. The highest BCUT2D eigenvalue weighted by atomic mass is 16.5. The number of hydrogen-bond acceptors (Lipinski definition) is 5. The Hall–Kier alpha value is -1.66. The minimum atomic E-state index is -0.840. The molecule has 0 bridgehead atoms. The number of rotatable bonds is 59. The average molecular weight is 987 g/mol. The van der Waals surface area contributed by atoms with Crippen LogP contribution in [0, 0.1) is 0 Å². The van der Waals surface area contributed by atoms with Crippen molar-refractivity contribution in [1.82, 2.24) is 5.32 Å². The van der Waals surface area contributed by atoms with E-state index in [0.29, 0.717) is 19.4 Å². The number of allylic oxidation sites excluding steroid dienone is 3. The molecule has 0 aromatic carbocycles. The van der Waals surface area contributed by atoms with Crippen molar-refractivity contribution in [2.24, 2.45) is 0 Å². The van der Waals surface area contributed by atoms with Crippen LogP contribution in [-0.2, 0) is 14.3 Å². The van der Waals surface area contributed by atoms with E-state index in [-0.39, 0.29) is 18.5 Å². The van der Waals surface area contributed by atoms with Gasteiger partial charge in [-0.3, -0.25) is 9.59 Å². The van der Waals surface area contributed by atoms with Crippen molar-refractivity contribution < 1.29 is 24.5 Å². The second-order valence-electron chi connectivity index (χ2n) is 21.7. The van der Waals surface area contributed by atoms with Gasteiger partial charge < -0.3 is 20.3 Å². The van der Waals surface area contributed by atoms with E-state index in [2.05, 4.69) is 31.3 Å². The minimum absolute atomic E-state index is 0.0190. The van der Waals surface area contributed by atoms with Crippen molar-refractivity contribution in [2.45, 2.75) is 360 Å². The molecule has 0 saturated carbocycles. The summed E-state index contributed by atoms with van der Waals surface area (Å²) >= 11 is 0. The maximum Gasteiger partial charge on any atom is 0.305 e. The van der Waals surface area contributed by atoms with E-state index in [1.54, 1.807) is 6.08 Å². The summed E-state index contributed by atoms with van der Waals surface area (Å²) in [7, 11) is 0. The van der Waals surface area contributed by atoms with Gasteiger partial charge in [0.15, 0.2) is 0 Å². The molecule has 0 saturated heterocycles. The Kier molecular flexibility index (Phi) is 58.5. The van der Waals surface area contributed by atoms with E-state index >= 15 is 0 Å². The van der Waals surface area contributed by atoms with Gasteiger partial charge in [0.05, 0.1) is 25.4 Å². The number of hydrogen-bond donors (Lipinski definition) is 3. The van der Waals surface area contributed by atoms with Crippen molar-refractivity contribution >= 4 is 11.9 Å². The van der Waals surface area contributed by atoms with Gasteiger partial charge >= 0.3 is 5.97 Å². The summed E-state index contributed by atoms with van der Waals surface area (Å²) < 4.78 is 5.48. The van der Waals surface area contributed by atoms with Gasteiger partial charge in [-0.2, -0.15) is 0 Å². The molecule has 0 rings (SSSR count). The van der Waals surface area contributed by atoms with Crippen LogP contribution in [0.1, 0.15) is 348 Å². The van der Waals surface area contributed by atoms with Gasteiger partial charge in [-0.25, -0.2) is 0 Å². The number of aliphatic hydroxyl groups excluding tert-OH is 2. The molecule has 0 heterocycles. The van der Waals surface area contributed by atoms with Crippen molar-refractivity contribution in [3.63, 3.8) is 0 Å². The third-order valence-corrected chi connectivity index (χ3v) is 14.7. The van der Waals surface area contributed by atoms with Crippen molar-refractivity contribution in [1.29, 1.82) is 0 Å². The zero-order valence-electron chi connectivity index (χ0n) is 47.3. The predicted octanol–water partition coefficient (Wildman–Crippen LogP) is 19.8. The molecule has 0 aliphatic carbocycles. The lowest BCUT2D eigenvalue weighted by atomic mass is 10.0. The lowest BCUT2D eigenvalue weighted by Crippen LogP contribution is -2.45. The fraction of sp³-hybridized carbons (Fsp3) is 0.906. The third kappa shape index (κ3) is 55.7. The van der Waals surface area contributed by atoms with E-state index in [0.717, 1.165) is 38.5 Å². The number of amides is 1. The Morgan fingerprint density at radius 2 is 0.671 bits per heavy atom. The number of unbranched alkanes of at least 4 members (excludes halogenated alkanes) is 46. The largest absolute Gasteiger partial charge is 0.466 e. The summed E-state index contributed by atoms with van der Waals surface area (Å²) in [5.74, 6) is -0.0485. The second kappa shape index (κ2) is 59.9. The van der Waals surface area contributed by atoms with Crippen LogP contribution in [0.25, 0.3) is 0 Å². The number of carbonyl (C=O) groups excluding carboxylic acids is 2. The highest BCUT2D eigenvalue weighted by molar-refractivity contribution is 5.76. The second-order valence-corrected chi connectivity index (χ2v) is 21.7. The van der Waals surface area contributed by atoms with Crippen LogP contribution in [-0.4, -0.2) is 47.4 Å². The lowest BCUT2D eigenvalue weighted by Gasteiger charge is -2.20. The summed E-state index contributed by atoms with van der Waals surface area (Å²) in [6, 6.07) is -0.623. The number of carbonyl (C=O) groups is 2. The molecule has 0 aliphatic rings. The molecule has 1 amide bonds. The Bertz CT molecular complexity index is 1090. The summed E-state index contributed by atoms with van der Waals surface area (Å²) in [5.41, 5.74) is 0. The third-order valence-electron chi connectivity index (χ3n) is 14.7. The summed E-state index contributed by atoms with van der Waals surface area (Å²) in [6.07, 6.45) is 73.9. The van der Waals surface area contributed by atoms with E-state index in [9.17, 15) is 19.8 Å². The molecular weight excluding hydrogens is 863 g/mol. The first-order valence-corrected chi connectivity index (χ1v) is 31.6. The van der Waals surface area contributed by atoms with Crippen LogP contribution >= 0.6 is 0 Å². The molecule has 2 atom stereocenters. The minimum Gasteiger partial charge on any atom is -0.466 e. The molecule has 6 nitrogen and oxygen atoms in total. The average Bonchev–Trinajstić information content (AvgIpc) is 3.36. The monoisotopic (exact) mass is 986 g/mol. The van der Waals surface area contributed by atoms with Crippen molar-refractivity contribution in [3.05, 3.63) is 24.3 Å². The van der Waals surface area contributed by atoms with Crippen LogP contribution in [0.5, 0.6) is 0 Å². The van der Waals surface area contributed by atoms with Crippen LogP contribution in [0.3, 0.4) is 0 Å². The van der Waals surface area contributed by atoms with Gasteiger partial charge in [0.25, 0.3) is 0 Å². The molecule has 0 fully saturated rings. The lowest BCUT2D eigenvalue weighted by molar-refractivity contribution is -0.143. The van der Waals surface area contributed by atoms with Gasteiger partial charge in [-0.1, -0.05) is 301 Å². The molecule has 0 radical (unpaired) electrons. The van der Waals surface area contributed by atoms with Crippen LogP contribution in [0.4, 0.5) is 0 Å². The summed E-state index contributed by atoms with van der Waals surface area (Å²) in [5, 5.41) is 22.9. The molecule has 414 valence electrons. The Morgan fingerprint density at radius 3 is 1.01 bits per heavy atom. The first kappa shape index (κ1) is 68.3. The van der Waals surface area contributed by atoms with E-state index in [1.165, 1.54) is 283 Å². The molecule has 0 aromatic heterocycles. The highest BCUT2D eigenvalue weighted by Gasteiger charge is 2.18. The molecule has 70 heavy (non-hydrogen) atoms. The summed E-state index contributed by atoms with van der Waals surface area (Å²) in [4.78, 5) is 24.4. The number of esters is 1. The Balaban J connectivity index is 3.33. The quantitative estimate of drug-likeness (QED) is 0.0321. The molecule has 3 N–H and O–H groups in total. The zero-order valence-corrected chi connectivity index (χ0v) is 47.3. The normalized spacial score (nSPS) is 12.7. The molecule has 2 unspecified atom stereocenters. The van der Waals surface area contributed by atoms with Gasteiger partial charge in [0.2, 0.25) is 5.91 Å². The first-order chi connectivity index (χ1) is 34.5. The Morgan fingerprint density at radius 1 is 0.386 bits per heavy atom. The van der Waals surface area contributed by atoms with Crippen LogP contribution in [0.15, 0.2) is 24.3 Å². The maximum atomic E-state index is 12.4. The predicted molar refractivity (Wildman–Crippen MR) is 306 cm³/mol. The summed E-state index contributed by atoms with van der Waals surface area (Å²) in [6.45, 7) is 4.89. The maximum absolute atomic E-state index is 12.4. The Labute approximate surface area is 437 Å². The van der Waals surface area contributed by atoms with Gasteiger partial charge in [-0.05, 0) is 57.8 Å². The molecule has 0 aliphatic heterocycles. The fourth-order valence-corrected chi connectivity index (χ4v) is 9.87. The van der Waals surface area contributed by atoms with Gasteiger partial charge in [0.1, 0.15) is 0 Å². The SMILES string of the molecule is CCCCCCCCC/C=C/C(O)C(CO)NC(=O)CCCCCCCCCCCCCCCCC/C=C\CCCCCCCCCCCCCCOC(=O)CCCCCCCCCCCCCCC. The van der Waals surface area contributed by atoms with Gasteiger partial charge in [-0.15, -0.1) is 0 Å². The molecule has 0 aromatic rings. The topological polar surface area (TPSA) is 95.9 Å². The smallest absolute Gasteiger partial charge is 0.305 e. The standard InChI is InChI=1S/C64H123NO5/c1-3-5-7-9-11-13-14-34-38-42-46-50-54-58-64(69)70-59-55-51-47-43-39-36-33-31-29-27-25-23-21-19-17-15-16-18-20-22-24-26-28-30-32-35-37-41-45-49-53-57-63(68)65-61(60-66)62(67)56-52-48-44-40-12-10-8-6-4-2/h17,19,52,56,61-62,66-67H,3-16,18,20-51,53-55,57-60H2,1-2H3,(H,65,68)/b19-17-,56-52+. The zero-order chi connectivity index (χ0) is 50.7. The number of ether oxygens (including phenoxy) is 1. The fourth-order valence-electron chi connectivity index (χ4n) is 9.87. The first-order valence-electron chi connectivity index (χ1n) is 31.6. The van der Waals surface area contributed by atoms with Crippen LogP contribution in [0.2, 0.25) is 0 Å². The van der Waals surface area contributed by atoms with Gasteiger partial charge in [0, 0.05) is 12.8 Å². The molecule has 0 spiro atoms. The van der Waals surface area contributed by atoms with Crippen molar-refractivity contribution in [2.75, 3.05) is 13.2 Å². The van der Waals surface area contributed by atoms with E-state index in [4.69, 9.17) is 4.74 Å². The molecule has 6 heteroatoms. The van der Waals surface area contributed by atoms with E-state index < -0.39 is 12.1 Å². The highest BCUT2D eigenvalue weighted by Crippen LogP contribution is 2.18. The number of nitrogens with one attached hydrogen (secondary N) is 1. The van der Waals surface area contributed by atoms with Crippen LogP contribution < -0.4 is 5.32 Å². The van der Waals surface area contributed by atoms with Crippen molar-refractivity contribution in [3.8, 4) is 0 Å². The number of aliphatic hydroxyl groups is 2. The van der Waals surface area contributed by atoms with E-state index in [1.807, 2.05) is 6.08 Å².